The van der Waals surface area contributed by atoms with Crippen molar-refractivity contribution in [1.82, 2.24) is 15.8 Å². The molecule has 0 aliphatic heterocycles. The lowest BCUT2D eigenvalue weighted by molar-refractivity contribution is 0.0842. The second kappa shape index (κ2) is 6.85. The summed E-state index contributed by atoms with van der Waals surface area (Å²) in [5.74, 6) is -1.90. The Hall–Kier alpha value is -2.41. The molecule has 2 aromatic rings. The summed E-state index contributed by atoms with van der Waals surface area (Å²) in [5.41, 5.74) is 4.60. The number of nitrogens with one attached hydrogen (secondary N) is 2. The molecule has 7 heteroatoms. The Bertz CT molecular complexity index is 679. The Labute approximate surface area is 124 Å². The maximum absolute atomic E-state index is 13.4. The molecule has 0 saturated carbocycles. The minimum absolute atomic E-state index is 0.144. The van der Waals surface area contributed by atoms with Crippen LogP contribution in [0.3, 0.4) is 0 Å². The van der Waals surface area contributed by atoms with E-state index in [9.17, 15) is 14.0 Å². The first-order valence-corrected chi connectivity index (χ1v) is 7.20. The van der Waals surface area contributed by atoms with Crippen LogP contribution in [0.1, 0.15) is 20.7 Å². The van der Waals surface area contributed by atoms with E-state index in [0.717, 1.165) is 0 Å². The minimum atomic E-state index is -0.726. The van der Waals surface area contributed by atoms with Crippen LogP contribution in [0.25, 0.3) is 0 Å². The lowest BCUT2D eigenvalue weighted by Gasteiger charge is -2.09. The molecule has 0 fully saturated rings. The third kappa shape index (κ3) is 3.57. The third-order valence-electron chi connectivity index (χ3n) is 2.62. The van der Waals surface area contributed by atoms with Crippen molar-refractivity contribution < 1.29 is 14.0 Å². The van der Waals surface area contributed by atoms with Crippen LogP contribution in [0.2, 0.25) is 0 Å². The monoisotopic (exact) mass is 305 g/mol. The molecule has 1 aromatic carbocycles. The molecule has 0 radical (unpaired) electrons. The molecule has 0 atom stereocenters. The molecule has 1 heterocycles. The van der Waals surface area contributed by atoms with Crippen LogP contribution in [-0.4, -0.2) is 23.1 Å². The maximum Gasteiger partial charge on any atom is 0.272 e. The molecule has 0 aliphatic rings. The number of hydrogen-bond donors (Lipinski definition) is 2. The summed E-state index contributed by atoms with van der Waals surface area (Å²) < 4.78 is 13.4. The van der Waals surface area contributed by atoms with Crippen molar-refractivity contribution in [2.45, 2.75) is 5.03 Å². The summed E-state index contributed by atoms with van der Waals surface area (Å²) in [6.45, 7) is 0. The molecule has 108 valence electrons. The Kier molecular flexibility index (Phi) is 4.89. The quantitative estimate of drug-likeness (QED) is 0.672. The van der Waals surface area contributed by atoms with Crippen molar-refractivity contribution >= 4 is 23.6 Å². The van der Waals surface area contributed by atoms with Gasteiger partial charge in [-0.15, -0.1) is 11.8 Å². The van der Waals surface area contributed by atoms with Gasteiger partial charge in [0, 0.05) is 6.20 Å². The fourth-order valence-electron chi connectivity index (χ4n) is 1.62. The number of aromatic nitrogens is 1. The largest absolute Gasteiger partial charge is 0.272 e. The number of carbonyl (C=O) groups excluding carboxylic acids is 2. The van der Waals surface area contributed by atoms with Crippen molar-refractivity contribution in [2.24, 2.45) is 0 Å². The van der Waals surface area contributed by atoms with Crippen LogP contribution in [0.4, 0.5) is 4.39 Å². The number of hydrazine groups is 1. The zero-order chi connectivity index (χ0) is 15.2. The smallest absolute Gasteiger partial charge is 0.267 e. The first kappa shape index (κ1) is 15.0. The lowest BCUT2D eigenvalue weighted by Crippen LogP contribution is -2.42. The van der Waals surface area contributed by atoms with E-state index in [1.165, 1.54) is 36.0 Å². The first-order chi connectivity index (χ1) is 10.1. The molecule has 0 bridgehead atoms. The average molecular weight is 305 g/mol. The van der Waals surface area contributed by atoms with E-state index >= 15 is 0 Å². The molecule has 5 nitrogen and oxygen atoms in total. The second-order valence-corrected chi connectivity index (χ2v) is 4.74. The Balaban J connectivity index is 2.05. The summed E-state index contributed by atoms with van der Waals surface area (Å²) in [6.07, 6.45) is 3.36. The Morgan fingerprint density at radius 1 is 1.05 bits per heavy atom. The van der Waals surface area contributed by atoms with E-state index in [-0.39, 0.29) is 5.56 Å². The van der Waals surface area contributed by atoms with Gasteiger partial charge in [0.05, 0.1) is 11.1 Å². The van der Waals surface area contributed by atoms with E-state index in [2.05, 4.69) is 15.8 Å². The number of halogens is 1. The summed E-state index contributed by atoms with van der Waals surface area (Å²) in [7, 11) is 0. The van der Waals surface area contributed by atoms with Crippen LogP contribution in [0.15, 0.2) is 47.6 Å². The molecule has 2 amide bonds. The Morgan fingerprint density at radius 2 is 1.67 bits per heavy atom. The highest BCUT2D eigenvalue weighted by Crippen LogP contribution is 2.16. The van der Waals surface area contributed by atoms with Crippen LogP contribution in [0, 0.1) is 5.82 Å². The summed E-state index contributed by atoms with van der Waals surface area (Å²) in [6, 6.07) is 8.71. The average Bonchev–Trinajstić information content (AvgIpc) is 2.52. The molecule has 0 saturated heterocycles. The fraction of sp³-hybridized carbons (Fsp3) is 0.0714. The normalized spacial score (nSPS) is 10.0. The van der Waals surface area contributed by atoms with Crippen LogP contribution in [-0.2, 0) is 0 Å². The number of rotatable bonds is 3. The van der Waals surface area contributed by atoms with Gasteiger partial charge < -0.3 is 0 Å². The van der Waals surface area contributed by atoms with Gasteiger partial charge in [0.1, 0.15) is 10.8 Å². The summed E-state index contributed by atoms with van der Waals surface area (Å²) in [5, 5.41) is 0.537. The third-order valence-corrected chi connectivity index (χ3v) is 3.33. The number of benzene rings is 1. The molecule has 2 N–H and O–H groups in total. The lowest BCUT2D eigenvalue weighted by atomic mass is 10.2. The van der Waals surface area contributed by atoms with Crippen molar-refractivity contribution in [2.75, 3.05) is 6.26 Å². The zero-order valence-corrected chi connectivity index (χ0v) is 11.9. The first-order valence-electron chi connectivity index (χ1n) is 5.97. The molecular weight excluding hydrogens is 293 g/mol. The number of thioether (sulfide) groups is 1. The number of carbonyl (C=O) groups is 2. The fourth-order valence-corrected chi connectivity index (χ4v) is 2.17. The highest BCUT2D eigenvalue weighted by atomic mass is 32.2. The van der Waals surface area contributed by atoms with Gasteiger partial charge in [-0.2, -0.15) is 0 Å². The van der Waals surface area contributed by atoms with Gasteiger partial charge in [0.25, 0.3) is 11.8 Å². The summed E-state index contributed by atoms with van der Waals surface area (Å²) in [4.78, 5) is 27.8. The van der Waals surface area contributed by atoms with Crippen molar-refractivity contribution in [3.63, 3.8) is 0 Å². The standard InChI is InChI=1S/C14H12FN3O2S/c1-21-14-10(6-4-8-16-14)13(20)18-17-12(19)9-5-2-3-7-11(9)15/h2-8H,1H3,(H,17,19)(H,18,20). The van der Waals surface area contributed by atoms with E-state index in [0.29, 0.717) is 10.6 Å². The van der Waals surface area contributed by atoms with Gasteiger partial charge >= 0.3 is 0 Å². The minimum Gasteiger partial charge on any atom is -0.267 e. The van der Waals surface area contributed by atoms with Gasteiger partial charge in [-0.1, -0.05) is 12.1 Å². The van der Waals surface area contributed by atoms with Crippen molar-refractivity contribution in [1.29, 1.82) is 0 Å². The van der Waals surface area contributed by atoms with Gasteiger partial charge in [0.15, 0.2) is 0 Å². The molecule has 0 unspecified atom stereocenters. The number of hydrogen-bond acceptors (Lipinski definition) is 4. The Morgan fingerprint density at radius 3 is 2.33 bits per heavy atom. The number of nitrogens with zero attached hydrogens (tertiary/aromatic N) is 1. The molecule has 0 aliphatic carbocycles. The van der Waals surface area contributed by atoms with Gasteiger partial charge in [-0.05, 0) is 30.5 Å². The molecular formula is C14H12FN3O2S. The molecule has 0 spiro atoms. The van der Waals surface area contributed by atoms with E-state index in [4.69, 9.17) is 0 Å². The van der Waals surface area contributed by atoms with Crippen molar-refractivity contribution in [3.05, 3.63) is 59.5 Å². The highest BCUT2D eigenvalue weighted by molar-refractivity contribution is 7.98. The molecule has 2 rings (SSSR count). The van der Waals surface area contributed by atoms with Crippen LogP contribution < -0.4 is 10.9 Å². The number of amides is 2. The second-order valence-electron chi connectivity index (χ2n) is 3.95. The molecule has 1 aromatic heterocycles. The summed E-state index contributed by atoms with van der Waals surface area (Å²) >= 11 is 1.31. The van der Waals surface area contributed by atoms with E-state index in [1.54, 1.807) is 24.6 Å². The molecule has 21 heavy (non-hydrogen) atoms. The van der Waals surface area contributed by atoms with E-state index in [1.807, 2.05) is 0 Å². The topological polar surface area (TPSA) is 71.1 Å². The number of pyridine rings is 1. The highest BCUT2D eigenvalue weighted by Gasteiger charge is 2.14. The van der Waals surface area contributed by atoms with Gasteiger partial charge in [-0.3, -0.25) is 20.4 Å². The predicted molar refractivity (Wildman–Crippen MR) is 77.4 cm³/mol. The van der Waals surface area contributed by atoms with Crippen LogP contribution in [0.5, 0.6) is 0 Å². The predicted octanol–water partition coefficient (Wildman–Crippen LogP) is 2.02. The van der Waals surface area contributed by atoms with E-state index < -0.39 is 17.6 Å². The van der Waals surface area contributed by atoms with Crippen molar-refractivity contribution in [3.8, 4) is 0 Å². The van der Waals surface area contributed by atoms with Gasteiger partial charge in [-0.25, -0.2) is 9.37 Å². The van der Waals surface area contributed by atoms with Gasteiger partial charge in [0.2, 0.25) is 0 Å². The SMILES string of the molecule is CSc1ncccc1C(=O)NNC(=O)c1ccccc1F. The zero-order valence-electron chi connectivity index (χ0n) is 11.1. The van der Waals surface area contributed by atoms with Crippen LogP contribution >= 0.6 is 11.8 Å². The maximum atomic E-state index is 13.4.